The van der Waals surface area contributed by atoms with Gasteiger partial charge in [0.25, 0.3) is 0 Å². The van der Waals surface area contributed by atoms with Crippen LogP contribution in [0.1, 0.15) is 5.56 Å². The van der Waals surface area contributed by atoms with Crippen LogP contribution in [-0.2, 0) is 0 Å². The number of fused-ring (bicyclic) bond motifs is 1. The van der Waals surface area contributed by atoms with Gasteiger partial charge in [0.05, 0.1) is 16.7 Å². The third kappa shape index (κ3) is 2.13. The molecule has 0 aliphatic heterocycles. The van der Waals surface area contributed by atoms with Gasteiger partial charge < -0.3 is 4.98 Å². The third-order valence-corrected chi connectivity index (χ3v) is 3.94. The van der Waals surface area contributed by atoms with Crippen molar-refractivity contribution in [3.8, 4) is 5.69 Å². The predicted octanol–water partition coefficient (Wildman–Crippen LogP) is 4.90. The summed E-state index contributed by atoms with van der Waals surface area (Å²) in [6.45, 7) is 2.01. The van der Waals surface area contributed by atoms with Crippen LogP contribution >= 0.6 is 28.1 Å². The molecule has 0 amide bonds. The molecule has 5 heteroatoms. The predicted molar refractivity (Wildman–Crippen MR) is 80.9 cm³/mol. The van der Waals surface area contributed by atoms with Crippen molar-refractivity contribution in [2.75, 3.05) is 0 Å². The minimum Gasteiger partial charge on any atom is -0.330 e. The van der Waals surface area contributed by atoms with E-state index in [-0.39, 0.29) is 5.82 Å². The Morgan fingerprint density at radius 3 is 2.79 bits per heavy atom. The van der Waals surface area contributed by atoms with Gasteiger partial charge in [0.15, 0.2) is 4.77 Å². The molecular formula is C14H10BrFN2S. The highest BCUT2D eigenvalue weighted by Gasteiger charge is 2.10. The van der Waals surface area contributed by atoms with Gasteiger partial charge in [-0.15, -0.1) is 0 Å². The summed E-state index contributed by atoms with van der Waals surface area (Å²) in [6, 6.07) is 10.6. The molecule has 0 saturated heterocycles. The van der Waals surface area contributed by atoms with E-state index in [1.807, 2.05) is 29.7 Å². The molecule has 1 heterocycles. The number of hydrogen-bond donors (Lipinski definition) is 1. The molecule has 3 aromatic rings. The number of nitrogens with zero attached hydrogens (tertiary/aromatic N) is 1. The minimum atomic E-state index is -0.279. The first-order valence-electron chi connectivity index (χ1n) is 5.73. The molecule has 0 aliphatic carbocycles. The van der Waals surface area contributed by atoms with E-state index in [1.54, 1.807) is 6.07 Å². The fourth-order valence-corrected chi connectivity index (χ4v) is 2.84. The number of aryl methyl sites for hydroxylation is 1. The van der Waals surface area contributed by atoms with Crippen molar-refractivity contribution in [1.82, 2.24) is 9.55 Å². The fraction of sp³-hybridized carbons (Fsp3) is 0.0714. The Bertz CT molecular complexity index is 835. The average Bonchev–Trinajstić information content (AvgIpc) is 2.68. The topological polar surface area (TPSA) is 20.7 Å². The molecule has 0 unspecified atom stereocenters. The molecule has 0 radical (unpaired) electrons. The molecular weight excluding hydrogens is 327 g/mol. The number of aromatic nitrogens is 2. The Kier molecular flexibility index (Phi) is 3.03. The number of imidazole rings is 1. The smallest absolute Gasteiger partial charge is 0.182 e. The van der Waals surface area contributed by atoms with E-state index in [9.17, 15) is 4.39 Å². The van der Waals surface area contributed by atoms with E-state index >= 15 is 0 Å². The largest absolute Gasteiger partial charge is 0.330 e. The van der Waals surface area contributed by atoms with E-state index in [0.29, 0.717) is 4.77 Å². The van der Waals surface area contributed by atoms with E-state index in [4.69, 9.17) is 12.2 Å². The molecule has 1 N–H and O–H groups in total. The number of aromatic amines is 1. The second-order valence-corrected chi connectivity index (χ2v) is 5.62. The lowest BCUT2D eigenvalue weighted by Gasteiger charge is -2.08. The summed E-state index contributed by atoms with van der Waals surface area (Å²) in [5.74, 6) is -0.279. The Morgan fingerprint density at radius 1 is 1.21 bits per heavy atom. The van der Waals surface area contributed by atoms with E-state index in [2.05, 4.69) is 20.9 Å². The third-order valence-electron chi connectivity index (χ3n) is 2.99. The SMILES string of the molecule is Cc1ccc(Br)c(-n2c(=S)[nH]c3ccc(F)cc32)c1. The van der Waals surface area contributed by atoms with Gasteiger partial charge in [-0.2, -0.15) is 0 Å². The highest BCUT2D eigenvalue weighted by Crippen LogP contribution is 2.27. The minimum absolute atomic E-state index is 0.279. The van der Waals surface area contributed by atoms with Crippen molar-refractivity contribution >= 4 is 39.2 Å². The Morgan fingerprint density at radius 2 is 2.00 bits per heavy atom. The van der Waals surface area contributed by atoms with Crippen LogP contribution in [0.15, 0.2) is 40.9 Å². The molecule has 3 rings (SSSR count). The van der Waals surface area contributed by atoms with E-state index < -0.39 is 0 Å². The van der Waals surface area contributed by atoms with Gasteiger partial charge in [0.2, 0.25) is 0 Å². The second-order valence-electron chi connectivity index (χ2n) is 4.38. The Hall–Kier alpha value is -1.46. The molecule has 0 fully saturated rings. The van der Waals surface area contributed by atoms with Crippen molar-refractivity contribution in [1.29, 1.82) is 0 Å². The molecule has 0 spiro atoms. The molecule has 19 heavy (non-hydrogen) atoms. The molecule has 0 bridgehead atoms. The fourth-order valence-electron chi connectivity index (χ4n) is 2.11. The summed E-state index contributed by atoms with van der Waals surface area (Å²) in [5.41, 5.74) is 3.57. The van der Waals surface area contributed by atoms with E-state index in [0.717, 1.165) is 26.8 Å². The first kappa shape index (κ1) is 12.6. The second kappa shape index (κ2) is 4.58. The van der Waals surface area contributed by atoms with Gasteiger partial charge in [-0.3, -0.25) is 4.57 Å². The average molecular weight is 337 g/mol. The molecule has 0 saturated carbocycles. The number of rotatable bonds is 1. The molecule has 96 valence electrons. The van der Waals surface area contributed by atoms with Crippen LogP contribution in [0.4, 0.5) is 4.39 Å². The highest BCUT2D eigenvalue weighted by molar-refractivity contribution is 9.10. The number of hydrogen-bond acceptors (Lipinski definition) is 1. The molecule has 1 aromatic heterocycles. The van der Waals surface area contributed by atoms with Crippen molar-refractivity contribution in [2.45, 2.75) is 6.92 Å². The van der Waals surface area contributed by atoms with Gasteiger partial charge in [-0.1, -0.05) is 6.07 Å². The first-order valence-corrected chi connectivity index (χ1v) is 6.93. The van der Waals surface area contributed by atoms with Gasteiger partial charge in [-0.05, 0) is 64.9 Å². The van der Waals surface area contributed by atoms with Crippen LogP contribution in [0.2, 0.25) is 0 Å². The zero-order valence-electron chi connectivity index (χ0n) is 10.1. The van der Waals surface area contributed by atoms with Gasteiger partial charge in [0.1, 0.15) is 5.82 Å². The van der Waals surface area contributed by atoms with Crippen molar-refractivity contribution in [2.24, 2.45) is 0 Å². The molecule has 0 atom stereocenters. The Balaban J connectivity index is 2.42. The van der Waals surface area contributed by atoms with Crippen LogP contribution < -0.4 is 0 Å². The lowest BCUT2D eigenvalue weighted by Crippen LogP contribution is -1.96. The normalized spacial score (nSPS) is 11.1. The highest BCUT2D eigenvalue weighted by atomic mass is 79.9. The molecule has 2 nitrogen and oxygen atoms in total. The van der Waals surface area contributed by atoms with Crippen molar-refractivity contribution < 1.29 is 4.39 Å². The van der Waals surface area contributed by atoms with Crippen molar-refractivity contribution in [3.63, 3.8) is 0 Å². The lowest BCUT2D eigenvalue weighted by atomic mass is 10.2. The summed E-state index contributed by atoms with van der Waals surface area (Å²) in [7, 11) is 0. The number of benzene rings is 2. The molecule has 2 aromatic carbocycles. The van der Waals surface area contributed by atoms with Crippen LogP contribution in [0.5, 0.6) is 0 Å². The zero-order valence-corrected chi connectivity index (χ0v) is 12.5. The summed E-state index contributed by atoms with van der Waals surface area (Å²) >= 11 is 8.86. The maximum absolute atomic E-state index is 13.4. The zero-order chi connectivity index (χ0) is 13.6. The summed E-state index contributed by atoms with van der Waals surface area (Å²) < 4.78 is 16.8. The number of halogens is 2. The lowest BCUT2D eigenvalue weighted by molar-refractivity contribution is 0.629. The maximum atomic E-state index is 13.4. The standard InChI is InChI=1S/C14H10BrFN2S/c1-8-2-4-10(15)12(6-8)18-13-7-9(16)3-5-11(13)17-14(18)19/h2-7H,1H3,(H,17,19). The summed E-state index contributed by atoms with van der Waals surface area (Å²) in [6.07, 6.45) is 0. The van der Waals surface area contributed by atoms with Crippen LogP contribution in [0.25, 0.3) is 16.7 Å². The Labute approximate surface area is 123 Å². The number of nitrogens with one attached hydrogen (secondary N) is 1. The van der Waals surface area contributed by atoms with Crippen LogP contribution in [0.3, 0.4) is 0 Å². The van der Waals surface area contributed by atoms with Crippen LogP contribution in [0, 0.1) is 17.5 Å². The van der Waals surface area contributed by atoms with Crippen molar-refractivity contribution in [3.05, 3.63) is 57.0 Å². The number of H-pyrrole nitrogens is 1. The quantitative estimate of drug-likeness (QED) is 0.627. The van der Waals surface area contributed by atoms with Crippen LogP contribution in [-0.4, -0.2) is 9.55 Å². The van der Waals surface area contributed by atoms with Gasteiger partial charge in [-0.25, -0.2) is 4.39 Å². The summed E-state index contributed by atoms with van der Waals surface area (Å²) in [5, 5.41) is 0. The summed E-state index contributed by atoms with van der Waals surface area (Å²) in [4.78, 5) is 3.09. The van der Waals surface area contributed by atoms with Gasteiger partial charge in [0, 0.05) is 10.5 Å². The maximum Gasteiger partial charge on any atom is 0.182 e. The monoisotopic (exact) mass is 336 g/mol. The molecule has 0 aliphatic rings. The van der Waals surface area contributed by atoms with E-state index in [1.165, 1.54) is 12.1 Å². The van der Waals surface area contributed by atoms with Gasteiger partial charge >= 0.3 is 0 Å². The first-order chi connectivity index (χ1) is 9.06.